The first-order valence-corrected chi connectivity index (χ1v) is 11.6. The third kappa shape index (κ3) is 4.37. The molecular formula is C24H33FN4O4. The molecule has 4 rings (SSSR count). The van der Waals surface area contributed by atoms with Gasteiger partial charge in [-0.25, -0.2) is 14.0 Å². The summed E-state index contributed by atoms with van der Waals surface area (Å²) in [4.78, 5) is 41.7. The maximum atomic E-state index is 15.6. The molecule has 0 radical (unpaired) electrons. The fraction of sp³-hybridized carbons (Fsp3) is 0.625. The Morgan fingerprint density at radius 3 is 2.45 bits per heavy atom. The van der Waals surface area contributed by atoms with Crippen LogP contribution in [0.4, 0.5) is 14.9 Å². The molecule has 2 aromatic rings. The van der Waals surface area contributed by atoms with Crippen LogP contribution in [0, 0.1) is 25.6 Å². The van der Waals surface area contributed by atoms with Crippen LogP contribution in [-0.4, -0.2) is 40.4 Å². The first-order chi connectivity index (χ1) is 15.4. The topological polar surface area (TPSA) is 96.4 Å². The molecule has 9 heteroatoms. The summed E-state index contributed by atoms with van der Waals surface area (Å²) in [6.45, 7) is 11.9. The van der Waals surface area contributed by atoms with Crippen LogP contribution in [0.3, 0.4) is 0 Å². The van der Waals surface area contributed by atoms with Crippen molar-refractivity contribution >= 4 is 22.7 Å². The number of fused-ring (bicyclic) bond motifs is 1. The third-order valence-corrected chi connectivity index (χ3v) is 6.67. The molecule has 1 amide bonds. The normalized spacial score (nSPS) is 19.7. The quantitative estimate of drug-likeness (QED) is 0.728. The molecule has 2 atom stereocenters. The van der Waals surface area contributed by atoms with Gasteiger partial charge in [-0.1, -0.05) is 0 Å². The summed E-state index contributed by atoms with van der Waals surface area (Å²) in [5, 5.41) is 3.14. The number of rotatable bonds is 4. The van der Waals surface area contributed by atoms with E-state index in [1.807, 2.05) is 32.6 Å². The Kier molecular flexibility index (Phi) is 5.78. The summed E-state index contributed by atoms with van der Waals surface area (Å²) >= 11 is 0. The van der Waals surface area contributed by atoms with Gasteiger partial charge >= 0.3 is 11.8 Å². The van der Waals surface area contributed by atoms with Gasteiger partial charge in [0.05, 0.1) is 16.6 Å². The van der Waals surface area contributed by atoms with Crippen molar-refractivity contribution in [3.63, 3.8) is 0 Å². The molecule has 0 spiro atoms. The standard InChI is InChI=1S/C24H33FN4O4/c1-12-17-19(29(16-7-8-16)22(31)27-21(17)30)13(2)20(18(12)25)28-10-9-15(11-28)14(3)26-23(32)33-24(4,5)6/h14-16H,7-11H2,1-6H3,(H,26,32)(H,27,30,31)/t14-,15?/m0/s1. The number of nitrogens with zero attached hydrogens (tertiary/aromatic N) is 2. The van der Waals surface area contributed by atoms with Crippen LogP contribution in [0.2, 0.25) is 0 Å². The Labute approximate surface area is 192 Å². The molecule has 1 aliphatic carbocycles. The number of amides is 1. The molecule has 8 nitrogen and oxygen atoms in total. The number of aromatic amines is 1. The molecule has 33 heavy (non-hydrogen) atoms. The Hall–Kier alpha value is -2.84. The number of aryl methyl sites for hydroxylation is 2. The van der Waals surface area contributed by atoms with Gasteiger partial charge in [0.25, 0.3) is 5.56 Å². The molecule has 2 heterocycles. The zero-order valence-electron chi connectivity index (χ0n) is 20.2. The summed E-state index contributed by atoms with van der Waals surface area (Å²) in [6, 6.07) is -0.111. The highest BCUT2D eigenvalue weighted by Gasteiger charge is 2.34. The number of H-pyrrole nitrogens is 1. The van der Waals surface area contributed by atoms with Crippen molar-refractivity contribution in [1.82, 2.24) is 14.9 Å². The number of anilines is 1. The summed E-state index contributed by atoms with van der Waals surface area (Å²) < 4.78 is 22.6. The maximum absolute atomic E-state index is 15.6. The van der Waals surface area contributed by atoms with E-state index >= 15 is 4.39 Å². The predicted octanol–water partition coefficient (Wildman–Crippen LogP) is 3.52. The lowest BCUT2D eigenvalue weighted by molar-refractivity contribution is 0.0494. The van der Waals surface area contributed by atoms with Gasteiger partial charge in [0.1, 0.15) is 5.60 Å². The molecule has 0 bridgehead atoms. The van der Waals surface area contributed by atoms with Crippen LogP contribution in [0.25, 0.3) is 10.9 Å². The Balaban J connectivity index is 1.67. The molecule has 2 aliphatic rings. The Morgan fingerprint density at radius 2 is 1.85 bits per heavy atom. The first kappa shape index (κ1) is 23.3. The van der Waals surface area contributed by atoms with Gasteiger partial charge < -0.3 is 15.0 Å². The van der Waals surface area contributed by atoms with Crippen molar-refractivity contribution < 1.29 is 13.9 Å². The zero-order valence-corrected chi connectivity index (χ0v) is 20.2. The van der Waals surface area contributed by atoms with E-state index < -0.39 is 28.8 Å². The number of hydrogen-bond acceptors (Lipinski definition) is 5. The SMILES string of the molecule is Cc1c(F)c(N2CCC([C@H](C)NC(=O)OC(C)(C)C)C2)c(C)c2c1c(=O)[nH]c(=O)n2C1CC1. The Morgan fingerprint density at radius 1 is 1.18 bits per heavy atom. The van der Waals surface area contributed by atoms with Crippen LogP contribution in [-0.2, 0) is 4.74 Å². The average molecular weight is 461 g/mol. The number of carbonyl (C=O) groups excluding carboxylic acids is 1. The van der Waals surface area contributed by atoms with Gasteiger partial charge in [-0.3, -0.25) is 14.3 Å². The lowest BCUT2D eigenvalue weighted by Gasteiger charge is -2.27. The van der Waals surface area contributed by atoms with E-state index in [9.17, 15) is 14.4 Å². The summed E-state index contributed by atoms with van der Waals surface area (Å²) in [5.74, 6) is -0.322. The van der Waals surface area contributed by atoms with Gasteiger partial charge in [0, 0.05) is 36.3 Å². The highest BCUT2D eigenvalue weighted by Crippen LogP contribution is 2.40. The minimum atomic E-state index is -0.580. The highest BCUT2D eigenvalue weighted by molar-refractivity contribution is 5.90. The summed E-state index contributed by atoms with van der Waals surface area (Å²) in [6.07, 6.45) is 2.04. The van der Waals surface area contributed by atoms with Crippen molar-refractivity contribution in [2.24, 2.45) is 5.92 Å². The maximum Gasteiger partial charge on any atom is 0.407 e. The molecule has 2 fully saturated rings. The van der Waals surface area contributed by atoms with Crippen LogP contribution < -0.4 is 21.5 Å². The molecule has 180 valence electrons. The predicted molar refractivity (Wildman–Crippen MR) is 126 cm³/mol. The number of halogens is 1. The second-order valence-electron chi connectivity index (χ2n) is 10.4. The van der Waals surface area contributed by atoms with E-state index in [4.69, 9.17) is 4.74 Å². The van der Waals surface area contributed by atoms with E-state index in [-0.39, 0.29) is 29.0 Å². The number of aromatic nitrogens is 2. The van der Waals surface area contributed by atoms with Gasteiger partial charge in [-0.2, -0.15) is 0 Å². The van der Waals surface area contributed by atoms with Gasteiger partial charge in [0.2, 0.25) is 0 Å². The van der Waals surface area contributed by atoms with Crippen molar-refractivity contribution in [2.75, 3.05) is 18.0 Å². The number of carbonyl (C=O) groups is 1. The van der Waals surface area contributed by atoms with E-state index in [1.165, 1.54) is 0 Å². The molecule has 2 N–H and O–H groups in total. The van der Waals surface area contributed by atoms with E-state index in [2.05, 4.69) is 10.3 Å². The Bertz CT molecular complexity index is 1220. The lowest BCUT2D eigenvalue weighted by atomic mass is 10.0. The van der Waals surface area contributed by atoms with Crippen molar-refractivity contribution in [2.45, 2.75) is 78.5 Å². The third-order valence-electron chi connectivity index (χ3n) is 6.67. The number of ether oxygens (including phenoxy) is 1. The van der Waals surface area contributed by atoms with Crippen LogP contribution >= 0.6 is 0 Å². The van der Waals surface area contributed by atoms with Crippen molar-refractivity contribution in [3.8, 4) is 0 Å². The minimum Gasteiger partial charge on any atom is -0.444 e. The van der Waals surface area contributed by atoms with Crippen LogP contribution in [0.5, 0.6) is 0 Å². The van der Waals surface area contributed by atoms with Gasteiger partial charge in [-0.15, -0.1) is 0 Å². The fourth-order valence-electron chi connectivity index (χ4n) is 4.90. The second kappa shape index (κ2) is 8.18. The number of hydrogen-bond donors (Lipinski definition) is 2. The summed E-state index contributed by atoms with van der Waals surface area (Å²) in [5.41, 5.74) is 0.261. The second-order valence-corrected chi connectivity index (χ2v) is 10.4. The van der Waals surface area contributed by atoms with Gasteiger partial charge in [-0.05, 0) is 66.7 Å². The molecule has 1 unspecified atom stereocenters. The molecule has 1 aromatic heterocycles. The zero-order chi connectivity index (χ0) is 24.2. The van der Waals surface area contributed by atoms with Crippen LogP contribution in [0.15, 0.2) is 9.59 Å². The van der Waals surface area contributed by atoms with E-state index in [1.54, 1.807) is 18.4 Å². The monoisotopic (exact) mass is 460 g/mol. The first-order valence-electron chi connectivity index (χ1n) is 11.6. The molecule has 1 saturated heterocycles. The smallest absolute Gasteiger partial charge is 0.407 e. The average Bonchev–Trinajstić information content (AvgIpc) is 3.40. The number of nitrogens with one attached hydrogen (secondary N) is 2. The summed E-state index contributed by atoms with van der Waals surface area (Å²) in [7, 11) is 0. The molecular weight excluding hydrogens is 427 g/mol. The largest absolute Gasteiger partial charge is 0.444 e. The highest BCUT2D eigenvalue weighted by atomic mass is 19.1. The van der Waals surface area contributed by atoms with E-state index in [0.29, 0.717) is 29.9 Å². The van der Waals surface area contributed by atoms with Gasteiger partial charge in [0.15, 0.2) is 5.82 Å². The molecule has 1 aromatic carbocycles. The lowest BCUT2D eigenvalue weighted by Crippen LogP contribution is -2.42. The molecule has 1 saturated carbocycles. The number of alkyl carbamates (subject to hydrolysis) is 1. The minimum absolute atomic E-state index is 0.0395. The van der Waals surface area contributed by atoms with Crippen molar-refractivity contribution in [3.05, 3.63) is 37.8 Å². The van der Waals surface area contributed by atoms with Crippen LogP contribution in [0.1, 0.15) is 64.1 Å². The molecule has 1 aliphatic heterocycles. The number of benzene rings is 1. The fourth-order valence-corrected chi connectivity index (χ4v) is 4.90. The van der Waals surface area contributed by atoms with E-state index in [0.717, 1.165) is 19.3 Å². The van der Waals surface area contributed by atoms with Crippen molar-refractivity contribution in [1.29, 1.82) is 0 Å².